The van der Waals surface area contributed by atoms with Gasteiger partial charge in [-0.05, 0) is 37.0 Å². The first-order valence-electron chi connectivity index (χ1n) is 10.0. The molecule has 0 amide bonds. The number of methoxy groups -OCH3 is 1. The number of ether oxygens (including phenoxy) is 1. The summed E-state index contributed by atoms with van der Waals surface area (Å²) in [5, 5.41) is 10.0. The van der Waals surface area contributed by atoms with Gasteiger partial charge in [-0.3, -0.25) is 4.79 Å². The maximum atomic E-state index is 12.5. The van der Waals surface area contributed by atoms with Crippen LogP contribution in [0.5, 0.6) is 0 Å². The second kappa shape index (κ2) is 7.61. The highest BCUT2D eigenvalue weighted by atomic mass is 35.5. The van der Waals surface area contributed by atoms with Crippen molar-refractivity contribution in [3.63, 3.8) is 0 Å². The summed E-state index contributed by atoms with van der Waals surface area (Å²) in [4.78, 5) is 24.1. The molecule has 0 bridgehead atoms. The molecule has 1 atom stereocenters. The number of rotatable bonds is 4. The summed E-state index contributed by atoms with van der Waals surface area (Å²) in [5.41, 5.74) is 2.31. The molecular weight excluding hydrogens is 402 g/mol. The molecule has 1 saturated carbocycles. The molecular formula is C24H24ClNO4. The first-order chi connectivity index (χ1) is 14.2. The van der Waals surface area contributed by atoms with E-state index in [0.717, 1.165) is 29.5 Å². The maximum absolute atomic E-state index is 12.5. The maximum Gasteiger partial charge on any atom is 0.341 e. The predicted molar refractivity (Wildman–Crippen MR) is 116 cm³/mol. The monoisotopic (exact) mass is 425 g/mol. The Kier molecular flexibility index (Phi) is 5.25. The van der Waals surface area contributed by atoms with Gasteiger partial charge in [0.05, 0.1) is 17.3 Å². The van der Waals surface area contributed by atoms with Crippen LogP contribution in [-0.4, -0.2) is 29.4 Å². The largest absolute Gasteiger partial charge is 0.477 e. The average Bonchev–Trinajstić information content (AvgIpc) is 3.49. The fraction of sp³-hybridized carbons (Fsp3) is 0.417. The molecule has 6 heteroatoms. The van der Waals surface area contributed by atoms with E-state index < -0.39 is 11.4 Å². The normalized spacial score (nSPS) is 17.5. The number of aromatic carboxylic acids is 1. The molecule has 2 aromatic rings. The number of pyridine rings is 1. The Labute approximate surface area is 180 Å². The molecule has 1 N–H and O–H groups in total. The lowest BCUT2D eigenvalue weighted by atomic mass is 9.77. The lowest BCUT2D eigenvalue weighted by Gasteiger charge is -2.40. The van der Waals surface area contributed by atoms with Crippen molar-refractivity contribution < 1.29 is 14.6 Å². The van der Waals surface area contributed by atoms with Crippen LogP contribution in [0.3, 0.4) is 0 Å². The highest BCUT2D eigenvalue weighted by molar-refractivity contribution is 6.32. The molecule has 1 aromatic carbocycles. The second-order valence-corrected chi connectivity index (χ2v) is 9.23. The molecule has 0 unspecified atom stereocenters. The minimum absolute atomic E-state index is 0.0935. The molecule has 1 aliphatic carbocycles. The van der Waals surface area contributed by atoms with Crippen LogP contribution >= 0.6 is 11.6 Å². The van der Waals surface area contributed by atoms with Crippen LogP contribution in [0, 0.1) is 23.2 Å². The van der Waals surface area contributed by atoms with Crippen molar-refractivity contribution in [1.82, 2.24) is 4.57 Å². The van der Waals surface area contributed by atoms with Gasteiger partial charge in [0.15, 0.2) is 5.43 Å². The van der Waals surface area contributed by atoms with Crippen molar-refractivity contribution in [3.8, 4) is 23.1 Å². The van der Waals surface area contributed by atoms with Gasteiger partial charge in [-0.2, -0.15) is 0 Å². The molecule has 4 rings (SSSR count). The summed E-state index contributed by atoms with van der Waals surface area (Å²) in [6.07, 6.45) is 4.41. The van der Waals surface area contributed by atoms with Crippen molar-refractivity contribution >= 4 is 17.6 Å². The van der Waals surface area contributed by atoms with Gasteiger partial charge in [0.1, 0.15) is 5.56 Å². The number of carboxylic acid groups (broad SMARTS) is 1. The molecule has 5 nitrogen and oxygen atoms in total. The fourth-order valence-corrected chi connectivity index (χ4v) is 4.35. The first kappa shape index (κ1) is 20.7. The Bertz CT molecular complexity index is 1150. The van der Waals surface area contributed by atoms with Crippen molar-refractivity contribution in [3.05, 3.63) is 56.3 Å². The summed E-state index contributed by atoms with van der Waals surface area (Å²) in [6, 6.07) is 5.17. The molecule has 1 aliphatic heterocycles. The van der Waals surface area contributed by atoms with Gasteiger partial charge < -0.3 is 14.4 Å². The van der Waals surface area contributed by atoms with E-state index in [2.05, 4.69) is 25.7 Å². The van der Waals surface area contributed by atoms with E-state index >= 15 is 0 Å². The first-order valence-corrected chi connectivity index (χ1v) is 10.4. The van der Waals surface area contributed by atoms with Crippen LogP contribution in [0.2, 0.25) is 5.02 Å². The van der Waals surface area contributed by atoms with Gasteiger partial charge in [-0.15, -0.1) is 0 Å². The number of hydrogen-bond acceptors (Lipinski definition) is 3. The Morgan fingerprint density at radius 2 is 2.07 bits per heavy atom. The number of carboxylic acids is 1. The van der Waals surface area contributed by atoms with Gasteiger partial charge in [0, 0.05) is 47.9 Å². The van der Waals surface area contributed by atoms with E-state index in [9.17, 15) is 14.7 Å². The van der Waals surface area contributed by atoms with Crippen molar-refractivity contribution in [2.24, 2.45) is 11.3 Å². The van der Waals surface area contributed by atoms with Crippen molar-refractivity contribution in [2.45, 2.75) is 39.2 Å². The Balaban J connectivity index is 1.91. The third-order valence-corrected chi connectivity index (χ3v) is 6.25. The minimum Gasteiger partial charge on any atom is -0.477 e. The van der Waals surface area contributed by atoms with Crippen molar-refractivity contribution in [1.29, 1.82) is 0 Å². The van der Waals surface area contributed by atoms with Gasteiger partial charge in [-0.25, -0.2) is 4.79 Å². The van der Waals surface area contributed by atoms with Crippen LogP contribution in [0.4, 0.5) is 0 Å². The number of fused-ring (bicyclic) bond motifs is 3. The number of carbonyl (C=O) groups is 1. The van der Waals surface area contributed by atoms with Gasteiger partial charge in [0.2, 0.25) is 0 Å². The SMILES string of the molecule is COCC(C)(C)[C@@H]1Cc2cc(C#CC3CC3)c(Cl)cc2-c2cc(=O)c(C(=O)O)cn21. The quantitative estimate of drug-likeness (QED) is 0.737. The summed E-state index contributed by atoms with van der Waals surface area (Å²) in [6.45, 7) is 4.65. The summed E-state index contributed by atoms with van der Waals surface area (Å²) in [5.74, 6) is 5.71. The lowest BCUT2D eigenvalue weighted by Crippen LogP contribution is -2.37. The molecule has 30 heavy (non-hydrogen) atoms. The number of halogens is 1. The zero-order valence-corrected chi connectivity index (χ0v) is 18.0. The summed E-state index contributed by atoms with van der Waals surface area (Å²) in [7, 11) is 1.65. The Morgan fingerprint density at radius 3 is 2.70 bits per heavy atom. The third kappa shape index (κ3) is 3.78. The fourth-order valence-electron chi connectivity index (χ4n) is 4.14. The van der Waals surface area contributed by atoms with Gasteiger partial charge >= 0.3 is 5.97 Å². The van der Waals surface area contributed by atoms with E-state index in [1.54, 1.807) is 7.11 Å². The van der Waals surface area contributed by atoms with E-state index in [1.165, 1.54) is 12.3 Å². The minimum atomic E-state index is -1.23. The van der Waals surface area contributed by atoms with E-state index in [0.29, 0.717) is 29.7 Å². The van der Waals surface area contributed by atoms with Gasteiger partial charge in [0.25, 0.3) is 0 Å². The van der Waals surface area contributed by atoms with Crippen LogP contribution in [0.25, 0.3) is 11.3 Å². The predicted octanol–water partition coefficient (Wildman–Crippen LogP) is 4.40. The molecule has 2 aliphatic rings. The van der Waals surface area contributed by atoms with Crippen LogP contribution in [0.15, 0.2) is 29.2 Å². The molecule has 1 aromatic heterocycles. The lowest BCUT2D eigenvalue weighted by molar-refractivity contribution is 0.0615. The van der Waals surface area contributed by atoms with Crippen molar-refractivity contribution in [2.75, 3.05) is 13.7 Å². The summed E-state index contributed by atoms with van der Waals surface area (Å²) >= 11 is 6.53. The number of hydrogen-bond donors (Lipinski definition) is 1. The molecule has 156 valence electrons. The smallest absolute Gasteiger partial charge is 0.341 e. The standard InChI is InChI=1S/C24H24ClNO4/c1-24(2,13-30-3)22-9-16-8-15(7-6-14-4-5-14)19(25)10-17(16)20-11-21(27)18(23(28)29)12-26(20)22/h8,10-12,14,22H,4-5,9,13H2,1-3H3,(H,28,29)/t22-/m0/s1. The highest BCUT2D eigenvalue weighted by Crippen LogP contribution is 2.44. The Hall–Kier alpha value is -2.55. The van der Waals surface area contributed by atoms with Crippen LogP contribution < -0.4 is 5.43 Å². The molecule has 0 spiro atoms. The second-order valence-electron chi connectivity index (χ2n) is 8.82. The average molecular weight is 426 g/mol. The number of aromatic nitrogens is 1. The molecule has 0 saturated heterocycles. The Morgan fingerprint density at radius 1 is 1.33 bits per heavy atom. The zero-order valence-electron chi connectivity index (χ0n) is 17.3. The van der Waals surface area contributed by atoms with E-state index in [4.69, 9.17) is 16.3 Å². The third-order valence-electron chi connectivity index (χ3n) is 5.93. The number of benzene rings is 1. The highest BCUT2D eigenvalue weighted by Gasteiger charge is 2.36. The zero-order chi connectivity index (χ0) is 21.6. The van der Waals surface area contributed by atoms with Crippen LogP contribution in [-0.2, 0) is 11.2 Å². The molecule has 0 radical (unpaired) electrons. The van der Waals surface area contributed by atoms with Crippen LogP contribution in [0.1, 0.15) is 54.2 Å². The molecule has 2 heterocycles. The van der Waals surface area contributed by atoms with E-state index in [1.807, 2.05) is 16.7 Å². The molecule has 1 fully saturated rings. The summed E-state index contributed by atoms with van der Waals surface area (Å²) < 4.78 is 7.35. The number of nitrogens with zero attached hydrogens (tertiary/aromatic N) is 1. The van der Waals surface area contributed by atoms with Gasteiger partial charge in [-0.1, -0.05) is 37.3 Å². The topological polar surface area (TPSA) is 68.5 Å². The van der Waals surface area contributed by atoms with E-state index in [-0.39, 0.29) is 17.0 Å².